The van der Waals surface area contributed by atoms with Crippen molar-refractivity contribution in [2.45, 2.75) is 26.2 Å². The molecule has 0 aliphatic heterocycles. The second-order valence-corrected chi connectivity index (χ2v) is 5.40. The molecule has 1 amide bonds. The molecule has 1 aromatic heterocycles. The maximum Gasteiger partial charge on any atom is 0.287 e. The molecule has 1 aliphatic carbocycles. The van der Waals surface area contributed by atoms with Crippen molar-refractivity contribution in [1.29, 1.82) is 0 Å². The van der Waals surface area contributed by atoms with Crippen LogP contribution in [-0.4, -0.2) is 17.8 Å². The number of rotatable bonds is 4. The number of hydrogen-bond acceptors (Lipinski definition) is 2. The molecule has 2 atom stereocenters. The Bertz CT molecular complexity index is 389. The molecule has 0 bridgehead atoms. The van der Waals surface area contributed by atoms with E-state index < -0.39 is 0 Å². The van der Waals surface area contributed by atoms with E-state index in [1.54, 1.807) is 6.26 Å². The first kappa shape index (κ1) is 12.7. The average Bonchev–Trinajstić information content (AvgIpc) is 2.94. The zero-order valence-electron chi connectivity index (χ0n) is 10.0. The third kappa shape index (κ3) is 2.92. The van der Waals surface area contributed by atoms with E-state index in [4.69, 9.17) is 4.42 Å². The summed E-state index contributed by atoms with van der Waals surface area (Å²) >= 11 is 3.54. The van der Waals surface area contributed by atoms with Gasteiger partial charge in [0.25, 0.3) is 5.91 Å². The van der Waals surface area contributed by atoms with Crippen molar-refractivity contribution in [2.24, 2.45) is 11.8 Å². The Morgan fingerprint density at radius 3 is 2.94 bits per heavy atom. The van der Waals surface area contributed by atoms with E-state index in [0.717, 1.165) is 17.4 Å². The molecular formula is C13H18BrNO2. The number of aryl methyl sites for hydroxylation is 1. The fourth-order valence-corrected chi connectivity index (χ4v) is 3.35. The number of alkyl halides is 1. The topological polar surface area (TPSA) is 42.2 Å². The van der Waals surface area contributed by atoms with Crippen LogP contribution in [0.1, 0.15) is 35.4 Å². The monoisotopic (exact) mass is 299 g/mol. The molecule has 0 saturated heterocycles. The normalized spacial score (nSPS) is 23.9. The quantitative estimate of drug-likeness (QED) is 0.868. The third-order valence-electron chi connectivity index (χ3n) is 3.61. The van der Waals surface area contributed by atoms with Gasteiger partial charge < -0.3 is 9.73 Å². The highest BCUT2D eigenvalue weighted by atomic mass is 79.9. The van der Waals surface area contributed by atoms with Gasteiger partial charge in [-0.25, -0.2) is 0 Å². The van der Waals surface area contributed by atoms with Crippen LogP contribution in [0.25, 0.3) is 0 Å². The van der Waals surface area contributed by atoms with Crippen molar-refractivity contribution >= 4 is 21.8 Å². The van der Waals surface area contributed by atoms with E-state index in [0.29, 0.717) is 17.6 Å². The van der Waals surface area contributed by atoms with Crippen LogP contribution >= 0.6 is 15.9 Å². The summed E-state index contributed by atoms with van der Waals surface area (Å²) in [6.07, 6.45) is 5.32. The van der Waals surface area contributed by atoms with Crippen LogP contribution in [0.3, 0.4) is 0 Å². The molecule has 1 fully saturated rings. The minimum absolute atomic E-state index is 0.0901. The smallest absolute Gasteiger partial charge is 0.287 e. The van der Waals surface area contributed by atoms with Crippen molar-refractivity contribution in [3.8, 4) is 0 Å². The lowest BCUT2D eigenvalue weighted by atomic mass is 9.98. The van der Waals surface area contributed by atoms with E-state index >= 15 is 0 Å². The summed E-state index contributed by atoms with van der Waals surface area (Å²) in [6, 6.07) is 1.81. The molecule has 0 aromatic carbocycles. The zero-order valence-corrected chi connectivity index (χ0v) is 11.6. The summed E-state index contributed by atoms with van der Waals surface area (Å²) in [4.78, 5) is 11.9. The van der Waals surface area contributed by atoms with E-state index in [-0.39, 0.29) is 5.91 Å². The van der Waals surface area contributed by atoms with Crippen LogP contribution in [0.5, 0.6) is 0 Å². The van der Waals surface area contributed by atoms with Gasteiger partial charge in [-0.1, -0.05) is 22.4 Å². The van der Waals surface area contributed by atoms with E-state index in [2.05, 4.69) is 21.2 Å². The molecule has 2 unspecified atom stereocenters. The number of furan rings is 1. The van der Waals surface area contributed by atoms with Gasteiger partial charge in [0.2, 0.25) is 0 Å². The molecule has 0 spiro atoms. The average molecular weight is 300 g/mol. The first-order chi connectivity index (χ1) is 8.22. The van der Waals surface area contributed by atoms with Gasteiger partial charge in [-0.05, 0) is 37.7 Å². The van der Waals surface area contributed by atoms with Gasteiger partial charge >= 0.3 is 0 Å². The minimum atomic E-state index is -0.0901. The molecule has 0 radical (unpaired) electrons. The molecule has 94 valence electrons. The summed E-state index contributed by atoms with van der Waals surface area (Å²) in [6.45, 7) is 2.64. The van der Waals surface area contributed by atoms with Gasteiger partial charge in [0.05, 0.1) is 6.26 Å². The highest BCUT2D eigenvalue weighted by Gasteiger charge is 2.26. The fraction of sp³-hybridized carbons (Fsp3) is 0.615. The Hall–Kier alpha value is -0.770. The van der Waals surface area contributed by atoms with E-state index in [1.807, 2.05) is 13.0 Å². The molecule has 2 rings (SSSR count). The summed E-state index contributed by atoms with van der Waals surface area (Å²) in [5.74, 6) is 1.66. The highest BCUT2D eigenvalue weighted by molar-refractivity contribution is 9.09. The SMILES string of the molecule is Cc1ccoc1C(=O)NCC1CCCC1CBr. The number of carbonyl (C=O) groups excluding carboxylic acids is 1. The number of hydrogen-bond donors (Lipinski definition) is 1. The lowest BCUT2D eigenvalue weighted by Gasteiger charge is -2.17. The van der Waals surface area contributed by atoms with Crippen molar-refractivity contribution in [3.05, 3.63) is 23.7 Å². The lowest BCUT2D eigenvalue weighted by Crippen LogP contribution is -2.31. The molecule has 3 nitrogen and oxygen atoms in total. The number of nitrogens with one attached hydrogen (secondary N) is 1. The van der Waals surface area contributed by atoms with Crippen LogP contribution in [-0.2, 0) is 0 Å². The van der Waals surface area contributed by atoms with Crippen LogP contribution < -0.4 is 5.32 Å². The summed E-state index contributed by atoms with van der Waals surface area (Å²) in [7, 11) is 0. The maximum absolute atomic E-state index is 11.9. The number of carbonyl (C=O) groups is 1. The number of halogens is 1. The fourth-order valence-electron chi connectivity index (χ4n) is 2.49. The minimum Gasteiger partial charge on any atom is -0.459 e. The van der Waals surface area contributed by atoms with Gasteiger partial charge in [-0.2, -0.15) is 0 Å². The van der Waals surface area contributed by atoms with Crippen molar-refractivity contribution in [2.75, 3.05) is 11.9 Å². The summed E-state index contributed by atoms with van der Waals surface area (Å²) in [5, 5.41) is 4.01. The summed E-state index contributed by atoms with van der Waals surface area (Å²) in [5.41, 5.74) is 0.894. The van der Waals surface area contributed by atoms with Crippen LogP contribution in [0.4, 0.5) is 0 Å². The molecule has 1 aromatic rings. The Kier molecular flexibility index (Phi) is 4.26. The first-order valence-electron chi connectivity index (χ1n) is 6.10. The van der Waals surface area contributed by atoms with E-state index in [9.17, 15) is 4.79 Å². The predicted octanol–water partition coefficient (Wildman–Crippen LogP) is 3.13. The zero-order chi connectivity index (χ0) is 12.3. The Labute approximate surface area is 110 Å². The molecule has 1 heterocycles. The highest BCUT2D eigenvalue weighted by Crippen LogP contribution is 2.32. The second-order valence-electron chi connectivity index (χ2n) is 4.75. The standard InChI is InChI=1S/C13H18BrNO2/c1-9-5-6-17-12(9)13(16)15-8-11-4-2-3-10(11)7-14/h5-6,10-11H,2-4,7-8H2,1H3,(H,15,16). The van der Waals surface area contributed by atoms with Crippen LogP contribution in [0.2, 0.25) is 0 Å². The van der Waals surface area contributed by atoms with Crippen molar-refractivity contribution in [1.82, 2.24) is 5.32 Å². The second kappa shape index (κ2) is 5.71. The van der Waals surface area contributed by atoms with Crippen LogP contribution in [0.15, 0.2) is 16.7 Å². The van der Waals surface area contributed by atoms with Gasteiger partial charge in [0, 0.05) is 17.4 Å². The largest absolute Gasteiger partial charge is 0.459 e. The molecule has 1 N–H and O–H groups in total. The molecule has 4 heteroatoms. The lowest BCUT2D eigenvalue weighted by molar-refractivity contribution is 0.0916. The maximum atomic E-state index is 11.9. The molecule has 1 saturated carbocycles. The predicted molar refractivity (Wildman–Crippen MR) is 70.4 cm³/mol. The summed E-state index contributed by atoms with van der Waals surface area (Å²) < 4.78 is 5.17. The molecule has 1 aliphatic rings. The Balaban J connectivity index is 1.86. The van der Waals surface area contributed by atoms with Gasteiger partial charge in [-0.3, -0.25) is 4.79 Å². The van der Waals surface area contributed by atoms with Crippen LogP contribution in [0, 0.1) is 18.8 Å². The van der Waals surface area contributed by atoms with Crippen molar-refractivity contribution < 1.29 is 9.21 Å². The Morgan fingerprint density at radius 2 is 2.29 bits per heavy atom. The number of amides is 1. The van der Waals surface area contributed by atoms with Gasteiger partial charge in [-0.15, -0.1) is 0 Å². The first-order valence-corrected chi connectivity index (χ1v) is 7.22. The van der Waals surface area contributed by atoms with Gasteiger partial charge in [0.1, 0.15) is 0 Å². The molecular weight excluding hydrogens is 282 g/mol. The third-order valence-corrected chi connectivity index (χ3v) is 4.44. The van der Waals surface area contributed by atoms with E-state index in [1.165, 1.54) is 19.3 Å². The van der Waals surface area contributed by atoms with Crippen molar-refractivity contribution in [3.63, 3.8) is 0 Å². The molecule has 17 heavy (non-hydrogen) atoms. The van der Waals surface area contributed by atoms with Gasteiger partial charge in [0.15, 0.2) is 5.76 Å². The Morgan fingerprint density at radius 1 is 1.53 bits per heavy atom.